The van der Waals surface area contributed by atoms with Crippen molar-refractivity contribution in [2.45, 2.75) is 32.5 Å². The van der Waals surface area contributed by atoms with Crippen LogP contribution in [-0.4, -0.2) is 65.7 Å². The lowest BCUT2D eigenvalue weighted by atomic mass is 9.99. The van der Waals surface area contributed by atoms with Crippen molar-refractivity contribution < 1.29 is 19.4 Å². The van der Waals surface area contributed by atoms with Crippen LogP contribution in [0.5, 0.6) is 5.75 Å². The second kappa shape index (κ2) is 13.4. The number of benzene rings is 3. The molecule has 0 saturated heterocycles. The van der Waals surface area contributed by atoms with Crippen LogP contribution in [0.1, 0.15) is 29.8 Å². The lowest BCUT2D eigenvalue weighted by Gasteiger charge is -2.38. The fraction of sp³-hybridized carbons (Fsp3) is 0.333. The van der Waals surface area contributed by atoms with E-state index in [0.29, 0.717) is 52.4 Å². The summed E-state index contributed by atoms with van der Waals surface area (Å²) in [5.41, 5.74) is 2.44. The first kappa shape index (κ1) is 29.7. The van der Waals surface area contributed by atoms with Crippen LogP contribution in [0.15, 0.2) is 66.7 Å². The van der Waals surface area contributed by atoms with Crippen molar-refractivity contribution in [3.63, 3.8) is 0 Å². The van der Waals surface area contributed by atoms with Gasteiger partial charge in [-0.3, -0.25) is 9.69 Å². The topological polar surface area (TPSA) is 94.1 Å². The van der Waals surface area contributed by atoms with Crippen molar-refractivity contribution in [1.29, 1.82) is 0 Å². The maximum atomic E-state index is 13.7. The highest BCUT2D eigenvalue weighted by atomic mass is 35.5. The third-order valence-corrected chi connectivity index (χ3v) is 7.62. The lowest BCUT2D eigenvalue weighted by molar-refractivity contribution is 0.0341. The highest BCUT2D eigenvalue weighted by molar-refractivity contribution is 6.42. The predicted octanol–water partition coefficient (Wildman–Crippen LogP) is 5.99. The molecule has 0 unspecified atom stereocenters. The van der Waals surface area contributed by atoms with Gasteiger partial charge >= 0.3 is 6.03 Å². The molecule has 8 nitrogen and oxygen atoms in total. The number of ether oxygens (including phenoxy) is 1. The van der Waals surface area contributed by atoms with Crippen molar-refractivity contribution in [3.8, 4) is 5.75 Å². The summed E-state index contributed by atoms with van der Waals surface area (Å²) in [6, 6.07) is 18.9. The van der Waals surface area contributed by atoms with E-state index in [0.717, 1.165) is 5.56 Å². The average Bonchev–Trinajstić information content (AvgIpc) is 2.93. The molecule has 3 amide bonds. The molecule has 0 fully saturated rings. The van der Waals surface area contributed by atoms with E-state index in [1.807, 2.05) is 51.2 Å². The summed E-state index contributed by atoms with van der Waals surface area (Å²) in [5, 5.41) is 16.5. The average molecular weight is 586 g/mol. The van der Waals surface area contributed by atoms with Gasteiger partial charge in [0.15, 0.2) is 0 Å². The van der Waals surface area contributed by atoms with Crippen LogP contribution in [0.4, 0.5) is 16.2 Å². The molecule has 0 aromatic heterocycles. The second-order valence-electron chi connectivity index (χ2n) is 10.2. The van der Waals surface area contributed by atoms with Crippen molar-refractivity contribution >= 4 is 46.5 Å². The number of hydrogen-bond acceptors (Lipinski definition) is 5. The first-order chi connectivity index (χ1) is 19.1. The third kappa shape index (κ3) is 7.46. The molecule has 40 heavy (non-hydrogen) atoms. The predicted molar refractivity (Wildman–Crippen MR) is 159 cm³/mol. The highest BCUT2D eigenvalue weighted by Gasteiger charge is 2.33. The Bertz CT molecular complexity index is 1340. The van der Waals surface area contributed by atoms with E-state index >= 15 is 0 Å². The molecule has 3 atom stereocenters. The summed E-state index contributed by atoms with van der Waals surface area (Å²) >= 11 is 12.3. The summed E-state index contributed by atoms with van der Waals surface area (Å²) in [4.78, 5) is 30.0. The zero-order valence-electron chi connectivity index (χ0n) is 22.7. The number of likely N-dealkylation sites (N-methyl/N-ethyl adjacent to an activating group) is 1. The number of urea groups is 1. The van der Waals surface area contributed by atoms with Crippen molar-refractivity contribution in [2.75, 3.05) is 37.4 Å². The zero-order valence-corrected chi connectivity index (χ0v) is 24.2. The maximum Gasteiger partial charge on any atom is 0.323 e. The Balaban J connectivity index is 1.56. The smallest absolute Gasteiger partial charge is 0.323 e. The molecule has 0 spiro atoms. The van der Waals surface area contributed by atoms with Gasteiger partial charge in [-0.1, -0.05) is 54.4 Å². The van der Waals surface area contributed by atoms with Gasteiger partial charge in [-0.2, -0.15) is 0 Å². The quantitative estimate of drug-likeness (QED) is 0.302. The fourth-order valence-electron chi connectivity index (χ4n) is 4.65. The number of nitrogens with zero attached hydrogens (tertiary/aromatic N) is 2. The van der Waals surface area contributed by atoms with E-state index in [9.17, 15) is 14.7 Å². The van der Waals surface area contributed by atoms with E-state index in [4.69, 9.17) is 27.9 Å². The van der Waals surface area contributed by atoms with Crippen LogP contribution in [0.25, 0.3) is 0 Å². The number of carbonyl (C=O) groups is 2. The Kier molecular flexibility index (Phi) is 9.92. The summed E-state index contributed by atoms with van der Waals surface area (Å²) in [6.07, 6.45) is -0.256. The Hall–Kier alpha value is -3.30. The SMILES string of the molecule is C[C@H]1CN([C@@H](C)CO)C(=O)c2cc(NC(=O)Nc3ccccc3)ccc2O[C@H]1CN(C)Cc1ccc(Cl)c(Cl)c1. The molecule has 1 heterocycles. The number of hydrogen-bond donors (Lipinski definition) is 3. The first-order valence-electron chi connectivity index (χ1n) is 13.1. The van der Waals surface area contributed by atoms with Gasteiger partial charge in [0.05, 0.1) is 28.3 Å². The van der Waals surface area contributed by atoms with Crippen LogP contribution < -0.4 is 15.4 Å². The monoisotopic (exact) mass is 584 g/mol. The summed E-state index contributed by atoms with van der Waals surface area (Å²) in [5.74, 6) is 0.128. The van der Waals surface area contributed by atoms with Crippen LogP contribution in [0, 0.1) is 5.92 Å². The molecule has 3 aromatic carbocycles. The molecule has 1 aliphatic heterocycles. The van der Waals surface area contributed by atoms with Gasteiger partial charge in [-0.15, -0.1) is 0 Å². The van der Waals surface area contributed by atoms with E-state index < -0.39 is 12.1 Å². The molecule has 4 rings (SSSR count). The van der Waals surface area contributed by atoms with E-state index in [2.05, 4.69) is 15.5 Å². The molecule has 10 heteroatoms. The minimum Gasteiger partial charge on any atom is -0.488 e. The summed E-state index contributed by atoms with van der Waals surface area (Å²) in [7, 11) is 2.00. The zero-order chi connectivity index (χ0) is 28.8. The number of anilines is 2. The molecule has 212 valence electrons. The Morgan fingerprint density at radius 1 is 1.07 bits per heavy atom. The molecule has 3 aromatic rings. The van der Waals surface area contributed by atoms with Gasteiger partial charge in [0.25, 0.3) is 5.91 Å². The minimum absolute atomic E-state index is 0.0307. The first-order valence-corrected chi connectivity index (χ1v) is 13.9. The number of rotatable bonds is 8. The van der Waals surface area contributed by atoms with Crippen molar-refractivity contribution in [1.82, 2.24) is 9.80 Å². The number of para-hydroxylation sites is 1. The van der Waals surface area contributed by atoms with Gasteiger partial charge < -0.3 is 25.4 Å². The number of aliphatic hydroxyl groups excluding tert-OH is 1. The maximum absolute atomic E-state index is 13.7. The van der Waals surface area contributed by atoms with Crippen LogP contribution in [-0.2, 0) is 6.54 Å². The molecule has 3 N–H and O–H groups in total. The number of aliphatic hydroxyl groups is 1. The Morgan fingerprint density at radius 3 is 2.50 bits per heavy atom. The largest absolute Gasteiger partial charge is 0.488 e. The highest BCUT2D eigenvalue weighted by Crippen LogP contribution is 2.31. The molecule has 0 radical (unpaired) electrons. The second-order valence-corrected chi connectivity index (χ2v) is 11.0. The molecular formula is C30H34Cl2N4O4. The third-order valence-electron chi connectivity index (χ3n) is 6.88. The fourth-order valence-corrected chi connectivity index (χ4v) is 4.98. The van der Waals surface area contributed by atoms with Crippen molar-refractivity contribution in [3.05, 3.63) is 87.9 Å². The van der Waals surface area contributed by atoms with E-state index in [-0.39, 0.29) is 24.5 Å². The molecule has 0 aliphatic carbocycles. The van der Waals surface area contributed by atoms with Crippen LogP contribution in [0.2, 0.25) is 10.0 Å². The number of carbonyl (C=O) groups excluding carboxylic acids is 2. The number of amides is 3. The lowest BCUT2D eigenvalue weighted by Crippen LogP contribution is -2.49. The van der Waals surface area contributed by atoms with Crippen LogP contribution in [0.3, 0.4) is 0 Å². The van der Waals surface area contributed by atoms with Gasteiger partial charge in [-0.05, 0) is 62.0 Å². The number of fused-ring (bicyclic) bond motifs is 1. The number of nitrogens with one attached hydrogen (secondary N) is 2. The normalized spacial score (nSPS) is 17.9. The molecule has 0 saturated carbocycles. The van der Waals surface area contributed by atoms with Gasteiger partial charge in [0.2, 0.25) is 0 Å². The molecule has 1 aliphatic rings. The van der Waals surface area contributed by atoms with E-state index in [1.165, 1.54) is 0 Å². The van der Waals surface area contributed by atoms with Gasteiger partial charge in [0, 0.05) is 36.9 Å². The van der Waals surface area contributed by atoms with Gasteiger partial charge in [-0.25, -0.2) is 4.79 Å². The minimum atomic E-state index is -0.429. The molecule has 0 bridgehead atoms. The number of halogens is 2. The van der Waals surface area contributed by atoms with E-state index in [1.54, 1.807) is 41.3 Å². The van der Waals surface area contributed by atoms with Gasteiger partial charge in [0.1, 0.15) is 11.9 Å². The molecular weight excluding hydrogens is 551 g/mol. The summed E-state index contributed by atoms with van der Waals surface area (Å²) in [6.45, 7) is 5.29. The van der Waals surface area contributed by atoms with Crippen LogP contribution >= 0.6 is 23.2 Å². The Morgan fingerprint density at radius 2 is 1.80 bits per heavy atom. The standard InChI is InChI=1S/C30H34Cl2N4O4/c1-19-15-36(20(2)18-37)29(38)24-14-23(34-30(39)33-22-7-5-4-6-8-22)10-12-27(24)40-28(19)17-35(3)16-21-9-11-25(31)26(32)13-21/h4-14,19-20,28,37H,15-18H2,1-3H3,(H2,33,34,39)/t19-,20-,28-/m0/s1. The summed E-state index contributed by atoms with van der Waals surface area (Å²) < 4.78 is 6.46. The van der Waals surface area contributed by atoms with Crippen molar-refractivity contribution in [2.24, 2.45) is 5.92 Å². The Labute approximate surface area is 244 Å².